The molecule has 0 aromatic heterocycles. The topological polar surface area (TPSA) is 52.6 Å². The van der Waals surface area contributed by atoms with Gasteiger partial charge >= 0.3 is 5.97 Å². The van der Waals surface area contributed by atoms with E-state index in [-0.39, 0.29) is 0 Å². The van der Waals surface area contributed by atoms with Crippen LogP contribution in [0.2, 0.25) is 5.02 Å². The third-order valence-electron chi connectivity index (χ3n) is 4.13. The zero-order valence-corrected chi connectivity index (χ0v) is 13.2. The molecule has 116 valence electrons. The van der Waals surface area contributed by atoms with Gasteiger partial charge in [-0.1, -0.05) is 30.7 Å². The normalized spacial score (nSPS) is 23.5. The summed E-state index contributed by atoms with van der Waals surface area (Å²) in [5, 5.41) is 13.5. The molecule has 1 heterocycles. The van der Waals surface area contributed by atoms with Gasteiger partial charge in [-0.3, -0.25) is 0 Å². The summed E-state index contributed by atoms with van der Waals surface area (Å²) in [6, 6.07) is 7.32. The monoisotopic (exact) mass is 310 g/mol. The van der Waals surface area contributed by atoms with Gasteiger partial charge in [0, 0.05) is 6.54 Å². The number of halogens is 1. The van der Waals surface area contributed by atoms with Crippen LogP contribution in [0.5, 0.6) is 0 Å². The number of aliphatic carboxylic acids is 1. The van der Waals surface area contributed by atoms with Crippen LogP contribution < -0.4 is 5.32 Å². The molecule has 1 aliphatic heterocycles. The van der Waals surface area contributed by atoms with Crippen molar-refractivity contribution in [1.29, 1.82) is 0 Å². The van der Waals surface area contributed by atoms with E-state index >= 15 is 0 Å². The highest BCUT2D eigenvalue weighted by molar-refractivity contribution is 6.33. The largest absolute Gasteiger partial charge is 0.480 e. The molecule has 1 aromatic carbocycles. The van der Waals surface area contributed by atoms with Crippen molar-refractivity contribution in [3.63, 3.8) is 0 Å². The second-order valence-electron chi connectivity index (χ2n) is 5.69. The van der Waals surface area contributed by atoms with Crippen LogP contribution in [0.25, 0.3) is 0 Å². The lowest BCUT2D eigenvalue weighted by atomic mass is 9.90. The van der Waals surface area contributed by atoms with Crippen molar-refractivity contribution in [2.45, 2.75) is 38.1 Å². The highest BCUT2D eigenvalue weighted by Gasteiger charge is 2.40. The van der Waals surface area contributed by atoms with E-state index in [1.165, 1.54) is 0 Å². The van der Waals surface area contributed by atoms with Gasteiger partial charge in [-0.05, 0) is 50.9 Å². The van der Waals surface area contributed by atoms with E-state index in [0.717, 1.165) is 32.5 Å². The minimum absolute atomic E-state index is 0.563. The molecule has 0 spiro atoms. The van der Waals surface area contributed by atoms with Gasteiger partial charge in [0.1, 0.15) is 5.54 Å². The Kier molecular flexibility index (Phi) is 5.48. The van der Waals surface area contributed by atoms with Gasteiger partial charge in [-0.2, -0.15) is 0 Å². The predicted molar refractivity (Wildman–Crippen MR) is 86.0 cm³/mol. The molecule has 0 aliphatic carbocycles. The number of benzene rings is 1. The van der Waals surface area contributed by atoms with E-state index in [9.17, 15) is 9.90 Å². The minimum Gasteiger partial charge on any atom is -0.480 e. The fourth-order valence-corrected chi connectivity index (χ4v) is 3.13. The molecule has 1 atom stereocenters. The first kappa shape index (κ1) is 16.1. The average Bonchev–Trinajstić information content (AvgIpc) is 2.66. The molecule has 1 aromatic rings. The first-order valence-electron chi connectivity index (χ1n) is 7.56. The summed E-state index contributed by atoms with van der Waals surface area (Å²) in [4.78, 5) is 14.2. The number of anilines is 1. The Bertz CT molecular complexity index is 495. The summed E-state index contributed by atoms with van der Waals surface area (Å²) in [7, 11) is 0. The second-order valence-corrected chi connectivity index (χ2v) is 6.09. The van der Waals surface area contributed by atoms with Crippen molar-refractivity contribution in [3.05, 3.63) is 29.3 Å². The number of para-hydroxylation sites is 1. The van der Waals surface area contributed by atoms with Crippen LogP contribution in [-0.4, -0.2) is 41.1 Å². The molecule has 1 aliphatic rings. The maximum atomic E-state index is 11.9. The van der Waals surface area contributed by atoms with Crippen molar-refractivity contribution in [3.8, 4) is 0 Å². The molecule has 1 saturated heterocycles. The van der Waals surface area contributed by atoms with Crippen molar-refractivity contribution < 1.29 is 9.90 Å². The number of rotatable bonds is 5. The molecular formula is C16H23ClN2O2. The Morgan fingerprint density at radius 2 is 2.14 bits per heavy atom. The number of nitrogens with zero attached hydrogens (tertiary/aromatic N) is 1. The maximum Gasteiger partial charge on any atom is 0.329 e. The van der Waals surface area contributed by atoms with Crippen molar-refractivity contribution >= 4 is 23.3 Å². The molecule has 1 fully saturated rings. The van der Waals surface area contributed by atoms with Crippen molar-refractivity contribution in [1.82, 2.24) is 4.90 Å². The molecule has 5 heteroatoms. The Balaban J connectivity index is 2.17. The highest BCUT2D eigenvalue weighted by Crippen LogP contribution is 2.31. The lowest BCUT2D eigenvalue weighted by Gasteiger charge is -2.31. The van der Waals surface area contributed by atoms with Crippen LogP contribution in [0.15, 0.2) is 24.3 Å². The van der Waals surface area contributed by atoms with E-state index in [1.54, 1.807) is 6.07 Å². The lowest BCUT2D eigenvalue weighted by molar-refractivity contribution is -0.142. The molecular weight excluding hydrogens is 288 g/mol. The number of hydrogen-bond donors (Lipinski definition) is 2. The van der Waals surface area contributed by atoms with Gasteiger partial charge in [-0.25, -0.2) is 4.79 Å². The summed E-state index contributed by atoms with van der Waals surface area (Å²) in [5.74, 6) is -0.791. The van der Waals surface area contributed by atoms with Crippen LogP contribution in [-0.2, 0) is 4.79 Å². The van der Waals surface area contributed by atoms with Gasteiger partial charge < -0.3 is 15.3 Å². The van der Waals surface area contributed by atoms with Crippen molar-refractivity contribution in [2.75, 3.05) is 25.0 Å². The SMILES string of the molecule is CCCN1CCCC(Nc2ccccc2Cl)(C(=O)O)CC1. The fourth-order valence-electron chi connectivity index (χ4n) is 2.94. The van der Waals surface area contributed by atoms with Crippen LogP contribution >= 0.6 is 11.6 Å². The Labute approximate surface area is 131 Å². The molecule has 21 heavy (non-hydrogen) atoms. The van der Waals surface area contributed by atoms with Gasteiger partial charge in [0.05, 0.1) is 10.7 Å². The van der Waals surface area contributed by atoms with Crippen LogP contribution in [0.3, 0.4) is 0 Å². The second kappa shape index (κ2) is 7.14. The van der Waals surface area contributed by atoms with Gasteiger partial charge in [-0.15, -0.1) is 0 Å². The first-order chi connectivity index (χ1) is 10.1. The van der Waals surface area contributed by atoms with Crippen molar-refractivity contribution in [2.24, 2.45) is 0 Å². The quantitative estimate of drug-likeness (QED) is 0.874. The number of likely N-dealkylation sites (tertiary alicyclic amines) is 1. The van der Waals surface area contributed by atoms with Gasteiger partial charge in [0.2, 0.25) is 0 Å². The van der Waals surface area contributed by atoms with Gasteiger partial charge in [0.25, 0.3) is 0 Å². The van der Waals surface area contributed by atoms with Crippen LogP contribution in [0.1, 0.15) is 32.6 Å². The molecule has 0 radical (unpaired) electrons. The zero-order chi connectivity index (χ0) is 15.3. The highest BCUT2D eigenvalue weighted by atomic mass is 35.5. The molecule has 4 nitrogen and oxygen atoms in total. The molecule has 2 rings (SSSR count). The summed E-state index contributed by atoms with van der Waals surface area (Å²) in [6.07, 6.45) is 3.18. The third kappa shape index (κ3) is 3.89. The smallest absolute Gasteiger partial charge is 0.329 e. The average molecular weight is 311 g/mol. The number of carboxylic acids is 1. The Hall–Kier alpha value is -1.26. The first-order valence-corrected chi connectivity index (χ1v) is 7.93. The van der Waals surface area contributed by atoms with Crippen LogP contribution in [0.4, 0.5) is 5.69 Å². The standard InChI is InChI=1S/C16H23ClN2O2/c1-2-10-19-11-5-8-16(9-12-19,15(20)21)18-14-7-4-3-6-13(14)17/h3-4,6-7,18H,2,5,8-12H2,1H3,(H,20,21). The molecule has 0 saturated carbocycles. The summed E-state index contributed by atoms with van der Waals surface area (Å²) in [5.41, 5.74) is -0.224. The van der Waals surface area contributed by atoms with Crippen LogP contribution in [0, 0.1) is 0 Å². The fraction of sp³-hybridized carbons (Fsp3) is 0.562. The van der Waals surface area contributed by atoms with E-state index < -0.39 is 11.5 Å². The van der Waals surface area contributed by atoms with Gasteiger partial charge in [0.15, 0.2) is 0 Å². The molecule has 0 amide bonds. The van der Waals surface area contributed by atoms with E-state index in [4.69, 9.17) is 11.6 Å². The molecule has 0 bridgehead atoms. The molecule has 1 unspecified atom stereocenters. The molecule has 2 N–H and O–H groups in total. The van der Waals surface area contributed by atoms with E-state index in [0.29, 0.717) is 23.6 Å². The predicted octanol–water partition coefficient (Wildman–Crippen LogP) is 3.47. The summed E-state index contributed by atoms with van der Waals surface area (Å²) >= 11 is 6.16. The number of nitrogens with one attached hydrogen (secondary N) is 1. The Morgan fingerprint density at radius 3 is 2.81 bits per heavy atom. The minimum atomic E-state index is -0.923. The number of carboxylic acid groups (broad SMARTS) is 1. The van der Waals surface area contributed by atoms with E-state index in [1.807, 2.05) is 18.2 Å². The number of hydrogen-bond acceptors (Lipinski definition) is 3. The Morgan fingerprint density at radius 1 is 1.38 bits per heavy atom. The number of carbonyl (C=O) groups is 1. The maximum absolute atomic E-state index is 11.9. The van der Waals surface area contributed by atoms with E-state index in [2.05, 4.69) is 17.1 Å². The summed E-state index contributed by atoms with van der Waals surface area (Å²) in [6.45, 7) is 4.95. The third-order valence-corrected chi connectivity index (χ3v) is 4.46. The summed E-state index contributed by atoms with van der Waals surface area (Å²) < 4.78 is 0. The lowest BCUT2D eigenvalue weighted by Crippen LogP contribution is -2.47. The zero-order valence-electron chi connectivity index (χ0n) is 12.4.